The lowest BCUT2D eigenvalue weighted by molar-refractivity contribution is 0.103. The average Bonchev–Trinajstić information content (AvgIpc) is 2.91. The van der Waals surface area contributed by atoms with Crippen molar-refractivity contribution in [3.8, 4) is 23.0 Å². The predicted octanol–water partition coefficient (Wildman–Crippen LogP) is 5.70. The molecular weight excluding hydrogens is 467 g/mol. The zero-order chi connectivity index (χ0) is 25.4. The van der Waals surface area contributed by atoms with E-state index in [-0.39, 0.29) is 40.3 Å². The fraction of sp³-hybridized carbons (Fsp3) is 0.259. The van der Waals surface area contributed by atoms with Gasteiger partial charge in [0.2, 0.25) is 18.2 Å². The van der Waals surface area contributed by atoms with Gasteiger partial charge >= 0.3 is 0 Å². The first-order valence-corrected chi connectivity index (χ1v) is 12.9. The van der Waals surface area contributed by atoms with E-state index in [0.717, 1.165) is 5.56 Å². The fourth-order valence-corrected chi connectivity index (χ4v) is 6.29. The molecule has 0 aliphatic heterocycles. The van der Waals surface area contributed by atoms with Crippen LogP contribution in [0.5, 0.6) is 23.0 Å². The summed E-state index contributed by atoms with van der Waals surface area (Å²) in [4.78, 5) is 27.9. The van der Waals surface area contributed by atoms with Gasteiger partial charge in [-0.3, -0.25) is 9.59 Å². The molecule has 0 fully saturated rings. The van der Waals surface area contributed by atoms with Gasteiger partial charge in [0.25, 0.3) is 0 Å². The third-order valence-electron chi connectivity index (χ3n) is 5.72. The summed E-state index contributed by atoms with van der Waals surface area (Å²) in [5, 5.41) is 0. The number of benzene rings is 3. The van der Waals surface area contributed by atoms with Crippen LogP contribution in [0.15, 0.2) is 66.7 Å². The molecule has 0 atom stereocenters. The molecule has 0 heterocycles. The van der Waals surface area contributed by atoms with Gasteiger partial charge in [-0.05, 0) is 42.7 Å². The Hall–Kier alpha value is -3.57. The van der Waals surface area contributed by atoms with Gasteiger partial charge in [-0.2, -0.15) is 0 Å². The molecule has 0 unspecified atom stereocenters. The zero-order valence-corrected chi connectivity index (χ0v) is 21.2. The topological polar surface area (TPSA) is 88.1 Å². The lowest BCUT2D eigenvalue weighted by Gasteiger charge is -2.21. The molecule has 3 aromatic rings. The fourth-order valence-electron chi connectivity index (χ4n) is 3.93. The molecule has 0 saturated heterocycles. The largest absolute Gasteiger partial charge is 0.496 e. The summed E-state index contributed by atoms with van der Waals surface area (Å²) in [6.07, 6.45) is 0.771. The third kappa shape index (κ3) is 5.41. The molecule has 0 aromatic heterocycles. The van der Waals surface area contributed by atoms with Gasteiger partial charge in [0.1, 0.15) is 34.1 Å². The Bertz CT molecular complexity index is 1120. The molecule has 0 aliphatic rings. The second-order valence-electron chi connectivity index (χ2n) is 7.74. The molecule has 7 nitrogen and oxygen atoms in total. The summed E-state index contributed by atoms with van der Waals surface area (Å²) >= 11 is 0. The van der Waals surface area contributed by atoms with Crippen LogP contribution in [0.3, 0.4) is 0 Å². The zero-order valence-electron chi connectivity index (χ0n) is 20.3. The van der Waals surface area contributed by atoms with Gasteiger partial charge in [0.15, 0.2) is 0 Å². The Morgan fingerprint density at radius 3 is 1.40 bits per heavy atom. The highest BCUT2D eigenvalue weighted by atomic mass is 31.2. The van der Waals surface area contributed by atoms with E-state index in [1.807, 2.05) is 30.3 Å². The molecule has 0 aliphatic carbocycles. The van der Waals surface area contributed by atoms with E-state index in [0.29, 0.717) is 12.8 Å². The number of aryl methyl sites for hydroxylation is 1. The van der Waals surface area contributed by atoms with Gasteiger partial charge < -0.3 is 23.5 Å². The smallest absolute Gasteiger partial charge is 0.236 e. The van der Waals surface area contributed by atoms with Crippen LogP contribution in [0.25, 0.3) is 0 Å². The summed E-state index contributed by atoms with van der Waals surface area (Å²) in [6.45, 7) is 0. The first-order chi connectivity index (χ1) is 16.9. The number of hydrogen-bond acceptors (Lipinski definition) is 7. The van der Waals surface area contributed by atoms with E-state index in [2.05, 4.69) is 0 Å². The minimum Gasteiger partial charge on any atom is -0.496 e. The Morgan fingerprint density at radius 2 is 1.03 bits per heavy atom. The second-order valence-corrected chi connectivity index (χ2v) is 10.5. The average molecular weight is 496 g/mol. The minimum absolute atomic E-state index is 0.0252. The molecule has 8 heteroatoms. The van der Waals surface area contributed by atoms with Crippen LogP contribution in [0.4, 0.5) is 0 Å². The quantitative estimate of drug-likeness (QED) is 0.297. The summed E-state index contributed by atoms with van der Waals surface area (Å²) in [5.41, 5.74) is -0.676. The summed E-state index contributed by atoms with van der Waals surface area (Å²) in [5.74, 6) is 0.713. The van der Waals surface area contributed by atoms with Gasteiger partial charge in [0.05, 0.1) is 28.4 Å². The van der Waals surface area contributed by atoms with Crippen LogP contribution in [0.1, 0.15) is 32.7 Å². The van der Waals surface area contributed by atoms with E-state index < -0.39 is 18.2 Å². The van der Waals surface area contributed by atoms with E-state index in [9.17, 15) is 14.2 Å². The maximum atomic E-state index is 14.6. The standard InChI is InChI=1S/C27H29O7P/c1-31-20-14-8-15-21(32-2)24(20)26(28)35(30,18-10-13-19-11-6-5-7-12-19)27(29)25-22(33-3)16-9-17-23(25)34-4/h5-9,11-12,14-17H,10,13,18H2,1-4H3. The van der Waals surface area contributed by atoms with Crippen LogP contribution in [0, 0.1) is 0 Å². The van der Waals surface area contributed by atoms with Crippen LogP contribution in [-0.4, -0.2) is 45.6 Å². The van der Waals surface area contributed by atoms with Crippen molar-refractivity contribution in [2.75, 3.05) is 34.6 Å². The van der Waals surface area contributed by atoms with E-state index in [4.69, 9.17) is 18.9 Å². The van der Waals surface area contributed by atoms with Crippen LogP contribution >= 0.6 is 7.14 Å². The second kappa shape index (κ2) is 11.7. The lowest BCUT2D eigenvalue weighted by Crippen LogP contribution is -2.17. The first kappa shape index (κ1) is 26.0. The Morgan fingerprint density at radius 1 is 0.629 bits per heavy atom. The number of methoxy groups -OCH3 is 4. The van der Waals surface area contributed by atoms with Crippen molar-refractivity contribution >= 4 is 18.2 Å². The molecule has 0 bridgehead atoms. The minimum atomic E-state index is -4.24. The maximum Gasteiger partial charge on any atom is 0.236 e. The highest BCUT2D eigenvalue weighted by Crippen LogP contribution is 2.57. The molecule has 0 radical (unpaired) electrons. The van der Waals surface area contributed by atoms with Crippen LogP contribution in [-0.2, 0) is 11.0 Å². The highest BCUT2D eigenvalue weighted by Gasteiger charge is 2.45. The molecule has 0 saturated carbocycles. The summed E-state index contributed by atoms with van der Waals surface area (Å²) in [6, 6.07) is 19.2. The molecule has 35 heavy (non-hydrogen) atoms. The number of ether oxygens (including phenoxy) is 4. The molecule has 184 valence electrons. The molecule has 0 N–H and O–H groups in total. The lowest BCUT2D eigenvalue weighted by atomic mass is 10.1. The van der Waals surface area contributed by atoms with Gasteiger partial charge in [-0.1, -0.05) is 42.5 Å². The molecular formula is C27H29O7P. The van der Waals surface area contributed by atoms with Crippen molar-refractivity contribution < 1.29 is 33.1 Å². The Balaban J connectivity index is 2.12. The van der Waals surface area contributed by atoms with E-state index >= 15 is 0 Å². The number of carbonyl (C=O) groups is 2. The van der Waals surface area contributed by atoms with E-state index in [1.54, 1.807) is 36.4 Å². The molecule has 0 spiro atoms. The van der Waals surface area contributed by atoms with Crippen molar-refractivity contribution in [2.45, 2.75) is 12.8 Å². The number of carbonyl (C=O) groups excluding carboxylic acids is 2. The Labute approximate surface area is 205 Å². The summed E-state index contributed by atoms with van der Waals surface area (Å²) < 4.78 is 36.0. The van der Waals surface area contributed by atoms with Crippen molar-refractivity contribution in [1.29, 1.82) is 0 Å². The van der Waals surface area contributed by atoms with Crippen molar-refractivity contribution in [1.82, 2.24) is 0 Å². The van der Waals surface area contributed by atoms with Crippen molar-refractivity contribution in [3.63, 3.8) is 0 Å². The van der Waals surface area contributed by atoms with Crippen molar-refractivity contribution in [3.05, 3.63) is 83.4 Å². The SMILES string of the molecule is COc1cccc(OC)c1C(=O)P(=O)(CCCc1ccccc1)C(=O)c1c(OC)cccc1OC. The van der Waals surface area contributed by atoms with Gasteiger partial charge in [-0.15, -0.1) is 0 Å². The first-order valence-electron chi connectivity index (χ1n) is 11.1. The predicted molar refractivity (Wildman–Crippen MR) is 135 cm³/mol. The summed E-state index contributed by atoms with van der Waals surface area (Å²) in [7, 11) is 1.36. The third-order valence-corrected chi connectivity index (χ3v) is 8.43. The maximum absolute atomic E-state index is 14.6. The number of rotatable bonds is 12. The highest BCUT2D eigenvalue weighted by molar-refractivity contribution is 7.95. The monoisotopic (exact) mass is 496 g/mol. The normalized spacial score (nSPS) is 11.0. The molecule has 3 aromatic carbocycles. The van der Waals surface area contributed by atoms with E-state index in [1.165, 1.54) is 28.4 Å². The van der Waals surface area contributed by atoms with Crippen LogP contribution in [0.2, 0.25) is 0 Å². The van der Waals surface area contributed by atoms with Gasteiger partial charge in [-0.25, -0.2) is 0 Å². The number of hydrogen-bond donors (Lipinski definition) is 0. The van der Waals surface area contributed by atoms with Gasteiger partial charge in [0, 0.05) is 6.16 Å². The van der Waals surface area contributed by atoms with Crippen LogP contribution < -0.4 is 18.9 Å². The molecule has 3 rings (SSSR count). The van der Waals surface area contributed by atoms with Crippen molar-refractivity contribution in [2.24, 2.45) is 0 Å². The Kier molecular flexibility index (Phi) is 8.72. The molecule has 0 amide bonds.